The highest BCUT2D eigenvalue weighted by atomic mass is 16.5. The number of hydrogen-bond donors (Lipinski definition) is 0. The highest BCUT2D eigenvalue weighted by Crippen LogP contribution is 2.11. The Bertz CT molecular complexity index is 419. The monoisotopic (exact) mass is 265 g/mol. The van der Waals surface area contributed by atoms with E-state index in [4.69, 9.17) is 9.47 Å². The first-order valence-electron chi connectivity index (χ1n) is 6.17. The fourth-order valence-corrected chi connectivity index (χ4v) is 1.54. The zero-order valence-corrected chi connectivity index (χ0v) is 11.5. The summed E-state index contributed by atoms with van der Waals surface area (Å²) in [6, 6.07) is 9.07. The second kappa shape index (κ2) is 7.41. The minimum absolute atomic E-state index is 0.0742. The molecule has 1 rings (SSSR count). The quantitative estimate of drug-likeness (QED) is 0.731. The van der Waals surface area contributed by atoms with E-state index in [0.717, 1.165) is 0 Å². The molecule has 5 nitrogen and oxygen atoms in total. The van der Waals surface area contributed by atoms with Crippen LogP contribution in [0.5, 0.6) is 5.75 Å². The van der Waals surface area contributed by atoms with Crippen LogP contribution in [0.3, 0.4) is 0 Å². The van der Waals surface area contributed by atoms with Crippen LogP contribution in [0.25, 0.3) is 0 Å². The Hall–Kier alpha value is -2.04. The molecule has 1 amide bonds. The van der Waals surface area contributed by atoms with Crippen molar-refractivity contribution in [3.05, 3.63) is 30.3 Å². The van der Waals surface area contributed by atoms with Crippen molar-refractivity contribution in [1.82, 2.24) is 4.90 Å². The van der Waals surface area contributed by atoms with Crippen LogP contribution in [0.4, 0.5) is 0 Å². The predicted octanol–water partition coefficient (Wildman–Crippen LogP) is 1.48. The molecule has 5 heteroatoms. The van der Waals surface area contributed by atoms with Gasteiger partial charge in [0.25, 0.3) is 5.91 Å². The third-order valence-electron chi connectivity index (χ3n) is 2.45. The van der Waals surface area contributed by atoms with Crippen LogP contribution in [0.15, 0.2) is 30.3 Å². The van der Waals surface area contributed by atoms with E-state index in [2.05, 4.69) is 0 Å². The molecule has 0 bridgehead atoms. The number of nitrogens with zero attached hydrogens (tertiary/aromatic N) is 1. The van der Waals surface area contributed by atoms with Crippen LogP contribution in [-0.4, -0.2) is 43.1 Å². The molecule has 0 aliphatic carbocycles. The molecule has 0 N–H and O–H groups in total. The average molecular weight is 265 g/mol. The zero-order chi connectivity index (χ0) is 14.3. The van der Waals surface area contributed by atoms with Gasteiger partial charge < -0.3 is 14.4 Å². The Kier molecular flexibility index (Phi) is 5.85. The molecule has 104 valence electrons. The number of amides is 1. The third-order valence-corrected chi connectivity index (χ3v) is 2.45. The maximum Gasteiger partial charge on any atom is 0.325 e. The first-order valence-corrected chi connectivity index (χ1v) is 6.17. The summed E-state index contributed by atoms with van der Waals surface area (Å²) < 4.78 is 10.3. The lowest BCUT2D eigenvalue weighted by molar-refractivity contribution is -0.150. The maximum absolute atomic E-state index is 12.0. The standard InChI is InChI=1S/C14H19NO4/c1-4-18-13(16)10-15(3)14(17)11(2)19-12-8-6-5-7-9-12/h5-9,11H,4,10H2,1-3H3. The van der Waals surface area contributed by atoms with Crippen molar-refractivity contribution in [2.45, 2.75) is 20.0 Å². The summed E-state index contributed by atoms with van der Waals surface area (Å²) in [5, 5.41) is 0. The summed E-state index contributed by atoms with van der Waals surface area (Å²) in [7, 11) is 1.55. The number of esters is 1. The van der Waals surface area contributed by atoms with Gasteiger partial charge in [-0.1, -0.05) is 18.2 Å². The summed E-state index contributed by atoms with van der Waals surface area (Å²) in [5.74, 6) is -0.0740. The Morgan fingerprint density at radius 1 is 1.26 bits per heavy atom. The summed E-state index contributed by atoms with van der Waals surface area (Å²) in [5.41, 5.74) is 0. The van der Waals surface area contributed by atoms with Crippen molar-refractivity contribution in [3.63, 3.8) is 0 Å². The van der Waals surface area contributed by atoms with Gasteiger partial charge in [0, 0.05) is 7.05 Å². The lowest BCUT2D eigenvalue weighted by Crippen LogP contribution is -2.41. The fraction of sp³-hybridized carbons (Fsp3) is 0.429. The minimum Gasteiger partial charge on any atom is -0.481 e. The number of hydrogen-bond acceptors (Lipinski definition) is 4. The maximum atomic E-state index is 12.0. The number of ether oxygens (including phenoxy) is 2. The number of para-hydroxylation sites is 1. The first kappa shape index (κ1) is 15.0. The van der Waals surface area contributed by atoms with Gasteiger partial charge in [0.1, 0.15) is 12.3 Å². The Morgan fingerprint density at radius 3 is 2.47 bits per heavy atom. The minimum atomic E-state index is -0.651. The van der Waals surface area contributed by atoms with Crippen LogP contribution in [0.1, 0.15) is 13.8 Å². The molecule has 1 aromatic carbocycles. The molecule has 1 unspecified atom stereocenters. The lowest BCUT2D eigenvalue weighted by atomic mass is 10.3. The summed E-state index contributed by atoms with van der Waals surface area (Å²) in [6.07, 6.45) is -0.651. The molecule has 0 spiro atoms. The molecule has 0 saturated heterocycles. The van der Waals surface area contributed by atoms with Crippen LogP contribution in [0, 0.1) is 0 Å². The number of carbonyl (C=O) groups excluding carboxylic acids is 2. The molecule has 0 aliphatic heterocycles. The zero-order valence-electron chi connectivity index (χ0n) is 11.5. The van der Waals surface area contributed by atoms with E-state index >= 15 is 0 Å². The van der Waals surface area contributed by atoms with Gasteiger partial charge >= 0.3 is 5.97 Å². The van der Waals surface area contributed by atoms with E-state index in [1.807, 2.05) is 18.2 Å². The van der Waals surface area contributed by atoms with Gasteiger partial charge in [-0.05, 0) is 26.0 Å². The van der Waals surface area contributed by atoms with E-state index in [-0.39, 0.29) is 12.5 Å². The smallest absolute Gasteiger partial charge is 0.325 e. The molecule has 0 fully saturated rings. The Labute approximate surface area is 113 Å². The molecular formula is C14H19NO4. The highest BCUT2D eigenvalue weighted by Gasteiger charge is 2.21. The lowest BCUT2D eigenvalue weighted by Gasteiger charge is -2.21. The highest BCUT2D eigenvalue weighted by molar-refractivity contribution is 5.84. The largest absolute Gasteiger partial charge is 0.481 e. The van der Waals surface area contributed by atoms with Crippen LogP contribution < -0.4 is 4.74 Å². The Balaban J connectivity index is 2.50. The molecule has 1 atom stereocenters. The van der Waals surface area contributed by atoms with Gasteiger partial charge in [-0.3, -0.25) is 9.59 Å². The average Bonchev–Trinajstić information content (AvgIpc) is 2.39. The van der Waals surface area contributed by atoms with Crippen molar-refractivity contribution in [3.8, 4) is 5.75 Å². The van der Waals surface area contributed by atoms with Crippen LogP contribution >= 0.6 is 0 Å². The molecular weight excluding hydrogens is 246 g/mol. The van der Waals surface area contributed by atoms with Crippen molar-refractivity contribution < 1.29 is 19.1 Å². The van der Waals surface area contributed by atoms with Crippen molar-refractivity contribution in [2.75, 3.05) is 20.2 Å². The molecule has 0 heterocycles. The second-order valence-electron chi connectivity index (χ2n) is 4.07. The van der Waals surface area contributed by atoms with Gasteiger partial charge in [0.05, 0.1) is 6.61 Å². The van der Waals surface area contributed by atoms with Crippen LogP contribution in [0.2, 0.25) is 0 Å². The number of rotatable bonds is 6. The van der Waals surface area contributed by atoms with Gasteiger partial charge in [-0.2, -0.15) is 0 Å². The third kappa shape index (κ3) is 4.99. The number of benzene rings is 1. The van der Waals surface area contributed by atoms with E-state index in [1.165, 1.54) is 4.90 Å². The van der Waals surface area contributed by atoms with Crippen LogP contribution in [-0.2, 0) is 14.3 Å². The summed E-state index contributed by atoms with van der Waals surface area (Å²) >= 11 is 0. The van der Waals surface area contributed by atoms with E-state index in [0.29, 0.717) is 12.4 Å². The van der Waals surface area contributed by atoms with Gasteiger partial charge in [-0.15, -0.1) is 0 Å². The topological polar surface area (TPSA) is 55.8 Å². The fourth-order valence-electron chi connectivity index (χ4n) is 1.54. The van der Waals surface area contributed by atoms with Crippen molar-refractivity contribution >= 4 is 11.9 Å². The number of likely N-dealkylation sites (N-methyl/N-ethyl adjacent to an activating group) is 1. The molecule has 1 aromatic rings. The summed E-state index contributed by atoms with van der Waals surface area (Å²) in [6.45, 7) is 3.60. The van der Waals surface area contributed by atoms with Gasteiger partial charge in [-0.25, -0.2) is 0 Å². The predicted molar refractivity (Wildman–Crippen MR) is 70.8 cm³/mol. The molecule has 0 aromatic heterocycles. The number of carbonyl (C=O) groups is 2. The summed E-state index contributed by atoms with van der Waals surface area (Å²) in [4.78, 5) is 24.6. The van der Waals surface area contributed by atoms with Gasteiger partial charge in [0.15, 0.2) is 6.10 Å². The molecule has 0 saturated carbocycles. The molecule has 0 radical (unpaired) electrons. The van der Waals surface area contributed by atoms with Crippen molar-refractivity contribution in [2.24, 2.45) is 0 Å². The van der Waals surface area contributed by atoms with E-state index in [1.54, 1.807) is 33.0 Å². The Morgan fingerprint density at radius 2 is 1.89 bits per heavy atom. The van der Waals surface area contributed by atoms with E-state index in [9.17, 15) is 9.59 Å². The molecule has 0 aliphatic rings. The van der Waals surface area contributed by atoms with E-state index < -0.39 is 12.1 Å². The normalized spacial score (nSPS) is 11.5. The second-order valence-corrected chi connectivity index (χ2v) is 4.07. The first-order chi connectivity index (χ1) is 9.04. The SMILES string of the molecule is CCOC(=O)CN(C)C(=O)C(C)Oc1ccccc1. The molecule has 19 heavy (non-hydrogen) atoms. The van der Waals surface area contributed by atoms with Crippen molar-refractivity contribution in [1.29, 1.82) is 0 Å². The van der Waals surface area contributed by atoms with Gasteiger partial charge in [0.2, 0.25) is 0 Å².